The van der Waals surface area contributed by atoms with E-state index in [1.807, 2.05) is 23.6 Å². The molecular weight excluding hydrogens is 845 g/mol. The highest BCUT2D eigenvalue weighted by molar-refractivity contribution is 7.90. The van der Waals surface area contributed by atoms with Crippen LogP contribution < -0.4 is 17.2 Å². The van der Waals surface area contributed by atoms with Crippen molar-refractivity contribution in [2.45, 2.75) is 76.6 Å². The van der Waals surface area contributed by atoms with Crippen LogP contribution in [0.5, 0.6) is 0 Å². The van der Waals surface area contributed by atoms with E-state index in [2.05, 4.69) is 22.3 Å². The maximum atomic E-state index is 15.7. The van der Waals surface area contributed by atoms with Gasteiger partial charge < -0.3 is 19.9 Å². The minimum absolute atomic E-state index is 0.0283. The van der Waals surface area contributed by atoms with Gasteiger partial charge in [-0.1, -0.05) is 24.2 Å². The van der Waals surface area contributed by atoms with Crippen LogP contribution in [0.25, 0.3) is 16.6 Å². The Morgan fingerprint density at radius 2 is 1.77 bits per heavy atom. The fourth-order valence-electron chi connectivity index (χ4n) is 9.66. The molecule has 1 unspecified atom stereocenters. The molecule has 3 aromatic heterocycles. The molecule has 15 nitrogen and oxygen atoms in total. The third-order valence-corrected chi connectivity index (χ3v) is 13.9. The number of benzene rings is 3. The number of H-pyrrole nitrogens is 1. The number of fused-ring (bicyclic) bond motifs is 1. The molecule has 2 fully saturated rings. The summed E-state index contributed by atoms with van der Waals surface area (Å²) in [6, 6.07) is 14.5. The maximum Gasteiger partial charge on any atom is 0.438 e. The lowest BCUT2D eigenvalue weighted by Crippen LogP contribution is -2.49. The van der Waals surface area contributed by atoms with E-state index in [1.54, 1.807) is 37.8 Å². The van der Waals surface area contributed by atoms with E-state index in [0.29, 0.717) is 70.7 Å². The van der Waals surface area contributed by atoms with Gasteiger partial charge in [0.1, 0.15) is 28.7 Å². The molecule has 0 bridgehead atoms. The number of nitrogens with zero attached hydrogens (tertiary/aromatic N) is 6. The Balaban J connectivity index is 1.16. The van der Waals surface area contributed by atoms with Gasteiger partial charge in [-0.25, -0.2) is 27.6 Å². The quantitative estimate of drug-likeness (QED) is 0.105. The van der Waals surface area contributed by atoms with E-state index in [0.717, 1.165) is 39.9 Å². The van der Waals surface area contributed by atoms with Crippen molar-refractivity contribution in [1.82, 2.24) is 28.7 Å². The minimum atomic E-state index is -2.96. The molecule has 3 aliphatic rings. The molecular formula is C46H49F2N9O6S. The Morgan fingerprint density at radius 1 is 1.05 bits per heavy atom. The number of imidazole rings is 1. The number of hydrogen-bond donors (Lipinski definition) is 3. The van der Waals surface area contributed by atoms with E-state index >= 15 is 9.18 Å². The second kappa shape index (κ2) is 16.0. The molecule has 1 aliphatic carbocycles. The lowest BCUT2D eigenvalue weighted by atomic mass is 9.91. The van der Waals surface area contributed by atoms with E-state index < -0.39 is 44.4 Å². The molecule has 18 heteroatoms. The Morgan fingerprint density at radius 3 is 2.41 bits per heavy atom. The zero-order valence-corrected chi connectivity index (χ0v) is 36.9. The van der Waals surface area contributed by atoms with Gasteiger partial charge in [0.15, 0.2) is 5.82 Å². The molecule has 5 heterocycles. The van der Waals surface area contributed by atoms with Crippen LogP contribution in [-0.2, 0) is 25.8 Å². The molecule has 64 heavy (non-hydrogen) atoms. The van der Waals surface area contributed by atoms with Crippen LogP contribution in [0.3, 0.4) is 0 Å². The van der Waals surface area contributed by atoms with Crippen molar-refractivity contribution in [3.63, 3.8) is 0 Å². The molecule has 6 aromatic rings. The number of aromatic amines is 1. The highest BCUT2D eigenvalue weighted by atomic mass is 32.2. The molecule has 0 spiro atoms. The van der Waals surface area contributed by atoms with Crippen LogP contribution in [-0.4, -0.2) is 76.7 Å². The SMILES string of the molecule is Cc1cc(N=C(C2=C(N)CCN(C(=O)c3cc4cc(C5CCOCC5)ccc4n3[C@@]3(c4noc(=O)[nH]4)C[C@@H]3C)[C@H]2C)n2ccn(-c3ccc(CS(C)(=N)=O)cc3F)c2=O)cc(C)c1F. The number of aromatic nitrogens is 5. The summed E-state index contributed by atoms with van der Waals surface area (Å²) in [6.45, 7) is 8.60. The zero-order valence-electron chi connectivity index (χ0n) is 36.1. The summed E-state index contributed by atoms with van der Waals surface area (Å²) >= 11 is 0. The Kier molecular flexibility index (Phi) is 10.7. The molecule has 334 valence electrons. The first-order valence-electron chi connectivity index (χ1n) is 21.2. The summed E-state index contributed by atoms with van der Waals surface area (Å²) < 4.78 is 65.5. The smallest absolute Gasteiger partial charge is 0.402 e. The molecule has 1 amide bonds. The zero-order chi connectivity index (χ0) is 45.4. The van der Waals surface area contributed by atoms with Crippen molar-refractivity contribution < 1.29 is 27.0 Å². The van der Waals surface area contributed by atoms with Crippen LogP contribution in [0.4, 0.5) is 14.5 Å². The average Bonchev–Trinajstić information content (AvgIpc) is 3.56. The Labute approximate surface area is 367 Å². The average molecular weight is 894 g/mol. The number of nitrogens with two attached hydrogens (primary N) is 1. The first-order valence-corrected chi connectivity index (χ1v) is 23.3. The monoisotopic (exact) mass is 893 g/mol. The third kappa shape index (κ3) is 7.51. The molecule has 1 saturated heterocycles. The highest BCUT2D eigenvalue weighted by Gasteiger charge is 2.59. The summed E-state index contributed by atoms with van der Waals surface area (Å²) in [4.78, 5) is 51.6. The van der Waals surface area contributed by atoms with E-state index in [9.17, 15) is 18.2 Å². The maximum absolute atomic E-state index is 15.7. The van der Waals surface area contributed by atoms with Crippen LogP contribution in [0.15, 0.2) is 97.4 Å². The molecule has 4 atom stereocenters. The first-order chi connectivity index (χ1) is 30.4. The second-order valence-electron chi connectivity index (χ2n) is 17.5. The van der Waals surface area contributed by atoms with Gasteiger partial charge in [-0.05, 0) is 117 Å². The molecule has 9 rings (SSSR count). The normalized spacial score (nSPS) is 21.7. The van der Waals surface area contributed by atoms with Gasteiger partial charge in [0, 0.05) is 76.7 Å². The predicted octanol–water partition coefficient (Wildman–Crippen LogP) is 6.74. The topological polar surface area (TPSA) is 200 Å². The minimum Gasteiger partial charge on any atom is -0.402 e. The van der Waals surface area contributed by atoms with E-state index in [1.165, 1.54) is 35.3 Å². The largest absolute Gasteiger partial charge is 0.438 e. The number of amides is 1. The highest BCUT2D eigenvalue weighted by Crippen LogP contribution is 2.56. The number of carbonyl (C=O) groups is 1. The number of hydrogen-bond acceptors (Lipinski definition) is 10. The summed E-state index contributed by atoms with van der Waals surface area (Å²) in [5.41, 5.74) is 9.53. The molecule has 1 saturated carbocycles. The number of aryl methyl sites for hydroxylation is 2. The van der Waals surface area contributed by atoms with E-state index in [-0.39, 0.29) is 42.1 Å². The number of carbonyl (C=O) groups excluding carboxylic acids is 1. The van der Waals surface area contributed by atoms with Crippen LogP contribution in [0.2, 0.25) is 0 Å². The van der Waals surface area contributed by atoms with Crippen LogP contribution in [0, 0.1) is 36.2 Å². The summed E-state index contributed by atoms with van der Waals surface area (Å²) in [5.74, 6) is -1.72. The van der Waals surface area contributed by atoms with Crippen molar-refractivity contribution >= 4 is 38.1 Å². The fourth-order valence-corrected chi connectivity index (χ4v) is 10.5. The van der Waals surface area contributed by atoms with Crippen molar-refractivity contribution in [2.24, 2.45) is 16.6 Å². The summed E-state index contributed by atoms with van der Waals surface area (Å²) in [6.07, 6.45) is 6.63. The molecule has 4 N–H and O–H groups in total. The third-order valence-electron chi connectivity index (χ3n) is 13.0. The van der Waals surface area contributed by atoms with Crippen molar-refractivity contribution in [3.05, 3.63) is 145 Å². The summed E-state index contributed by atoms with van der Waals surface area (Å²) in [7, 11) is -2.96. The summed E-state index contributed by atoms with van der Waals surface area (Å²) in [5, 5.41) is 4.98. The van der Waals surface area contributed by atoms with Crippen LogP contribution >= 0.6 is 0 Å². The Hall–Kier alpha value is -6.40. The molecule has 3 aromatic carbocycles. The molecule has 0 radical (unpaired) electrons. The number of ether oxygens (including phenoxy) is 1. The van der Waals surface area contributed by atoms with Gasteiger partial charge in [-0.3, -0.25) is 28.2 Å². The van der Waals surface area contributed by atoms with Crippen molar-refractivity contribution in [3.8, 4) is 5.69 Å². The molecule has 2 aliphatic heterocycles. The first kappa shape index (κ1) is 42.9. The van der Waals surface area contributed by atoms with Gasteiger partial charge in [0.25, 0.3) is 5.91 Å². The standard InChI is InChI=1S/C46H49F2N9O6S/c1-25-18-33(19-26(2)40(25)48)51-41(56-15-14-55(45(56)60)37-8-6-29(20-34(37)47)24-64(5,50)61)39-28(4)54(13-10-35(39)49)42(58)38-22-32-21-31(30-11-16-62-17-12-30)7-9-36(32)57(38)46(23-27(46)3)43-52-44(59)63-53-43/h6-9,14-15,18-22,27-28,30,50H,10-13,16-17,23-24,49H2,1-5H3,(H,52,53,59)/t27-,28-,46-,64?/m0/s1. The second-order valence-corrected chi connectivity index (χ2v) is 19.8. The lowest BCUT2D eigenvalue weighted by Gasteiger charge is -2.37. The number of nitrogens with one attached hydrogen (secondary N) is 2. The van der Waals surface area contributed by atoms with Gasteiger partial charge in [-0.15, -0.1) is 0 Å². The van der Waals surface area contributed by atoms with Crippen LogP contribution in [0.1, 0.15) is 84.0 Å². The predicted molar refractivity (Wildman–Crippen MR) is 238 cm³/mol. The van der Waals surface area contributed by atoms with Crippen molar-refractivity contribution in [2.75, 3.05) is 26.0 Å². The fraction of sp³-hybridized carbons (Fsp3) is 0.370. The van der Waals surface area contributed by atoms with Gasteiger partial charge in [0.05, 0.1) is 23.2 Å². The lowest BCUT2D eigenvalue weighted by molar-refractivity contribution is 0.0697. The van der Waals surface area contributed by atoms with Gasteiger partial charge in [-0.2, -0.15) is 0 Å². The van der Waals surface area contributed by atoms with Crippen molar-refractivity contribution in [1.29, 1.82) is 4.78 Å². The van der Waals surface area contributed by atoms with Gasteiger partial charge >= 0.3 is 11.4 Å². The number of rotatable bonds is 9. The van der Waals surface area contributed by atoms with Gasteiger partial charge in [0.2, 0.25) is 0 Å². The number of halogens is 2. The van der Waals surface area contributed by atoms with E-state index in [4.69, 9.17) is 24.8 Å². The Bertz CT molecular complexity index is 3150. The number of aliphatic imine (C=N–C) groups is 1.